The van der Waals surface area contributed by atoms with Crippen LogP contribution in [0.3, 0.4) is 0 Å². The molecule has 0 spiro atoms. The lowest BCUT2D eigenvalue weighted by atomic mass is 10.0. The Balaban J connectivity index is 1.69. The molecule has 0 bridgehead atoms. The van der Waals surface area contributed by atoms with Gasteiger partial charge in [0, 0.05) is 16.2 Å². The minimum Gasteiger partial charge on any atom is -0.309 e. The summed E-state index contributed by atoms with van der Waals surface area (Å²) in [6.45, 7) is 2.39. The highest BCUT2D eigenvalue weighted by Gasteiger charge is 2.19. The number of nitrogens with zero attached hydrogens (tertiary/aromatic N) is 5. The van der Waals surface area contributed by atoms with Crippen molar-refractivity contribution in [1.29, 1.82) is 0 Å². The van der Waals surface area contributed by atoms with Gasteiger partial charge in [0.1, 0.15) is 5.52 Å². The highest BCUT2D eigenvalue weighted by molar-refractivity contribution is 6.31. The molecule has 0 N–H and O–H groups in total. The van der Waals surface area contributed by atoms with Gasteiger partial charge in [0.05, 0.1) is 17.8 Å². The molecule has 0 amide bonds. The Morgan fingerprint density at radius 3 is 2.48 bits per heavy atom. The van der Waals surface area contributed by atoms with Crippen molar-refractivity contribution in [2.75, 3.05) is 0 Å². The van der Waals surface area contributed by atoms with Crippen LogP contribution in [0.5, 0.6) is 0 Å². The second-order valence-electron chi connectivity index (χ2n) is 7.19. The molecule has 0 saturated heterocycles. The zero-order valence-electron chi connectivity index (χ0n) is 16.6. The molecule has 5 rings (SSSR count). The van der Waals surface area contributed by atoms with Crippen molar-refractivity contribution in [1.82, 2.24) is 24.4 Å². The maximum atomic E-state index is 13.1. The Kier molecular flexibility index (Phi) is 4.96. The normalized spacial score (nSPS) is 11.5. The van der Waals surface area contributed by atoms with E-state index in [1.54, 1.807) is 21.3 Å². The van der Waals surface area contributed by atoms with E-state index in [1.807, 2.05) is 55.5 Å². The molecule has 0 fully saturated rings. The van der Waals surface area contributed by atoms with E-state index in [0.29, 0.717) is 34.2 Å². The first kappa shape index (κ1) is 19.7. The van der Waals surface area contributed by atoms with E-state index in [1.165, 1.54) is 0 Å². The average molecular weight is 450 g/mol. The second-order valence-corrected chi connectivity index (χ2v) is 8.04. The summed E-state index contributed by atoms with van der Waals surface area (Å²) < 4.78 is 3.28. The smallest absolute Gasteiger partial charge is 0.280 e. The molecule has 6 nitrogen and oxygen atoms in total. The van der Waals surface area contributed by atoms with E-state index in [4.69, 9.17) is 28.3 Å². The molecule has 0 aliphatic heterocycles. The Labute approximate surface area is 187 Å². The molecular weight excluding hydrogens is 433 g/mol. The van der Waals surface area contributed by atoms with Gasteiger partial charge >= 0.3 is 0 Å². The fourth-order valence-electron chi connectivity index (χ4n) is 3.72. The van der Waals surface area contributed by atoms with Crippen LogP contribution in [-0.2, 0) is 13.0 Å². The van der Waals surface area contributed by atoms with Gasteiger partial charge in [-0.05, 0) is 41.8 Å². The highest BCUT2D eigenvalue weighted by Crippen LogP contribution is 2.30. The summed E-state index contributed by atoms with van der Waals surface area (Å²) in [5, 5.41) is 14.7. The van der Waals surface area contributed by atoms with Gasteiger partial charge in [0.2, 0.25) is 0 Å². The predicted molar refractivity (Wildman–Crippen MR) is 123 cm³/mol. The second kappa shape index (κ2) is 7.80. The standard InChI is InChI=1S/C23H17Cl2N5O/c1-2-18-20(14-7-9-16(24)10-8-14)22-27-26-21-19(30(22)28-18)11-12-29(23(21)31)13-15-5-3-4-6-17(15)25/h3-12H,2,13H2,1H3. The molecule has 3 aromatic heterocycles. The van der Waals surface area contributed by atoms with E-state index in [0.717, 1.165) is 22.4 Å². The van der Waals surface area contributed by atoms with Gasteiger partial charge in [-0.25, -0.2) is 4.52 Å². The fourth-order valence-corrected chi connectivity index (χ4v) is 4.04. The van der Waals surface area contributed by atoms with Crippen LogP contribution in [0.2, 0.25) is 10.0 Å². The maximum absolute atomic E-state index is 13.1. The largest absolute Gasteiger partial charge is 0.309 e. The van der Waals surface area contributed by atoms with Gasteiger partial charge in [-0.1, -0.05) is 60.5 Å². The summed E-state index contributed by atoms with van der Waals surface area (Å²) in [5.41, 5.74) is 4.82. The molecule has 0 aliphatic rings. The van der Waals surface area contributed by atoms with Gasteiger partial charge in [0.15, 0.2) is 11.2 Å². The first-order valence-corrected chi connectivity index (χ1v) is 10.6. The Bertz CT molecular complexity index is 1490. The minimum absolute atomic E-state index is 0.242. The monoisotopic (exact) mass is 449 g/mol. The molecule has 0 unspecified atom stereocenters. The van der Waals surface area contributed by atoms with Crippen molar-refractivity contribution in [3.63, 3.8) is 0 Å². The van der Waals surface area contributed by atoms with Crippen LogP contribution in [-0.4, -0.2) is 24.4 Å². The third-order valence-electron chi connectivity index (χ3n) is 5.29. The molecule has 3 heterocycles. The number of aromatic nitrogens is 5. The summed E-state index contributed by atoms with van der Waals surface area (Å²) in [6, 6.07) is 16.8. The summed E-state index contributed by atoms with van der Waals surface area (Å²) in [5.74, 6) is 0. The van der Waals surface area contributed by atoms with Gasteiger partial charge in [-0.2, -0.15) is 5.10 Å². The number of fused-ring (bicyclic) bond motifs is 3. The fraction of sp³-hybridized carbons (Fsp3) is 0.130. The zero-order chi connectivity index (χ0) is 21.5. The van der Waals surface area contributed by atoms with Crippen LogP contribution in [0.15, 0.2) is 65.6 Å². The third kappa shape index (κ3) is 3.38. The van der Waals surface area contributed by atoms with Gasteiger partial charge in [-0.15, -0.1) is 10.2 Å². The maximum Gasteiger partial charge on any atom is 0.280 e. The van der Waals surface area contributed by atoms with Crippen LogP contribution in [0, 0.1) is 0 Å². The molecule has 2 aromatic carbocycles. The van der Waals surface area contributed by atoms with E-state index in [2.05, 4.69) is 10.2 Å². The van der Waals surface area contributed by atoms with Crippen molar-refractivity contribution >= 4 is 39.9 Å². The van der Waals surface area contributed by atoms with Crippen molar-refractivity contribution in [3.05, 3.63) is 92.5 Å². The predicted octanol–water partition coefficient (Wildman–Crippen LogP) is 5.02. The summed E-state index contributed by atoms with van der Waals surface area (Å²) >= 11 is 12.3. The van der Waals surface area contributed by atoms with E-state index >= 15 is 0 Å². The molecule has 154 valence electrons. The van der Waals surface area contributed by atoms with Gasteiger partial charge in [-0.3, -0.25) is 4.79 Å². The highest BCUT2D eigenvalue weighted by atomic mass is 35.5. The average Bonchev–Trinajstić information content (AvgIpc) is 3.16. The Hall–Kier alpha value is -3.22. The first-order valence-electron chi connectivity index (χ1n) is 9.83. The first-order chi connectivity index (χ1) is 15.1. The van der Waals surface area contributed by atoms with E-state index in [9.17, 15) is 4.79 Å². The number of pyridine rings is 1. The summed E-state index contributed by atoms with van der Waals surface area (Å²) in [6.07, 6.45) is 2.46. The number of halogens is 2. The van der Waals surface area contributed by atoms with Crippen LogP contribution < -0.4 is 5.56 Å². The van der Waals surface area contributed by atoms with Crippen LogP contribution in [0.4, 0.5) is 0 Å². The van der Waals surface area contributed by atoms with Crippen molar-refractivity contribution in [2.24, 2.45) is 0 Å². The minimum atomic E-state index is -0.242. The van der Waals surface area contributed by atoms with Gasteiger partial charge in [0.25, 0.3) is 5.56 Å². The molecule has 0 saturated carbocycles. The zero-order valence-corrected chi connectivity index (χ0v) is 18.1. The lowest BCUT2D eigenvalue weighted by Crippen LogP contribution is -2.22. The number of rotatable bonds is 4. The lowest BCUT2D eigenvalue weighted by Gasteiger charge is -2.09. The van der Waals surface area contributed by atoms with Crippen molar-refractivity contribution < 1.29 is 0 Å². The third-order valence-corrected chi connectivity index (χ3v) is 5.91. The Morgan fingerprint density at radius 2 is 1.74 bits per heavy atom. The molecule has 31 heavy (non-hydrogen) atoms. The number of hydrogen-bond acceptors (Lipinski definition) is 4. The lowest BCUT2D eigenvalue weighted by molar-refractivity contribution is 0.760. The van der Waals surface area contributed by atoms with Crippen molar-refractivity contribution in [3.8, 4) is 11.1 Å². The molecule has 5 aromatic rings. The van der Waals surface area contributed by atoms with Crippen LogP contribution in [0.25, 0.3) is 27.8 Å². The number of benzene rings is 2. The van der Waals surface area contributed by atoms with Crippen molar-refractivity contribution in [2.45, 2.75) is 19.9 Å². The summed E-state index contributed by atoms with van der Waals surface area (Å²) in [7, 11) is 0. The van der Waals surface area contributed by atoms with Crippen LogP contribution in [0.1, 0.15) is 18.2 Å². The van der Waals surface area contributed by atoms with E-state index in [-0.39, 0.29) is 11.1 Å². The topological polar surface area (TPSA) is 65.1 Å². The molecule has 8 heteroatoms. The molecule has 0 radical (unpaired) electrons. The van der Waals surface area contributed by atoms with E-state index < -0.39 is 0 Å². The number of hydrogen-bond donors (Lipinski definition) is 0. The molecule has 0 aliphatic carbocycles. The Morgan fingerprint density at radius 1 is 0.968 bits per heavy atom. The quantitative estimate of drug-likeness (QED) is 0.386. The molecular formula is C23H17Cl2N5O. The summed E-state index contributed by atoms with van der Waals surface area (Å²) in [4.78, 5) is 13.1. The number of aryl methyl sites for hydroxylation is 1. The SMILES string of the molecule is CCc1nn2c(nnc3c(=O)n(Cc4ccccc4Cl)ccc32)c1-c1ccc(Cl)cc1. The van der Waals surface area contributed by atoms with Crippen LogP contribution >= 0.6 is 23.2 Å². The molecule has 0 atom stereocenters. The van der Waals surface area contributed by atoms with Gasteiger partial charge < -0.3 is 4.57 Å².